The zero-order valence-electron chi connectivity index (χ0n) is 16.6. The third kappa shape index (κ3) is 5.44. The van der Waals surface area contributed by atoms with E-state index in [1.165, 1.54) is 5.56 Å². The number of carbonyl (C=O) groups excluding carboxylic acids is 2. The third-order valence-corrected chi connectivity index (χ3v) is 5.31. The summed E-state index contributed by atoms with van der Waals surface area (Å²) in [6, 6.07) is 15.2. The minimum atomic E-state index is -0.206. The first kappa shape index (κ1) is 20.1. The van der Waals surface area contributed by atoms with Crippen LogP contribution in [0.3, 0.4) is 0 Å². The highest BCUT2D eigenvalue weighted by Crippen LogP contribution is 2.31. The first-order valence-corrected chi connectivity index (χ1v) is 10.1. The zero-order valence-corrected chi connectivity index (χ0v) is 16.6. The molecule has 0 aliphatic heterocycles. The van der Waals surface area contributed by atoms with Crippen LogP contribution in [0, 0.1) is 18.8 Å². The van der Waals surface area contributed by atoms with Crippen LogP contribution in [0.5, 0.6) is 11.5 Å². The highest BCUT2D eigenvalue weighted by molar-refractivity contribution is 5.77. The van der Waals surface area contributed by atoms with E-state index in [4.69, 9.17) is 9.47 Å². The molecule has 0 bridgehead atoms. The number of ether oxygens (including phenoxy) is 2. The van der Waals surface area contributed by atoms with Gasteiger partial charge in [-0.2, -0.15) is 0 Å². The maximum absolute atomic E-state index is 12.4. The molecule has 28 heavy (non-hydrogen) atoms. The van der Waals surface area contributed by atoms with Crippen LogP contribution in [0.1, 0.15) is 50.2 Å². The van der Waals surface area contributed by atoms with Gasteiger partial charge in [0.15, 0.2) is 0 Å². The van der Waals surface area contributed by atoms with E-state index in [1.807, 2.05) is 55.5 Å². The fourth-order valence-corrected chi connectivity index (χ4v) is 3.58. The largest absolute Gasteiger partial charge is 0.426 e. The van der Waals surface area contributed by atoms with Gasteiger partial charge >= 0.3 is 11.9 Å². The lowest BCUT2D eigenvalue weighted by Gasteiger charge is -2.25. The first-order valence-electron chi connectivity index (χ1n) is 10.1. The van der Waals surface area contributed by atoms with Crippen molar-refractivity contribution in [1.82, 2.24) is 0 Å². The van der Waals surface area contributed by atoms with Gasteiger partial charge in [-0.05, 0) is 68.9 Å². The molecular formula is C24H28O4. The zero-order chi connectivity index (χ0) is 19.9. The van der Waals surface area contributed by atoms with Gasteiger partial charge in [0.05, 0.1) is 11.8 Å². The van der Waals surface area contributed by atoms with Crippen molar-refractivity contribution < 1.29 is 19.1 Å². The molecule has 1 saturated carbocycles. The van der Waals surface area contributed by atoms with Crippen molar-refractivity contribution in [3.8, 4) is 11.5 Å². The summed E-state index contributed by atoms with van der Waals surface area (Å²) >= 11 is 0. The Kier molecular flexibility index (Phi) is 6.85. The van der Waals surface area contributed by atoms with E-state index in [-0.39, 0.29) is 23.8 Å². The summed E-state index contributed by atoms with van der Waals surface area (Å²) in [6.45, 7) is 4.13. The summed E-state index contributed by atoms with van der Waals surface area (Å²) in [7, 11) is 0. The Balaban J connectivity index is 1.46. The van der Waals surface area contributed by atoms with Gasteiger partial charge in [0.1, 0.15) is 11.5 Å². The molecule has 1 aliphatic carbocycles. The van der Waals surface area contributed by atoms with Crippen LogP contribution in [-0.4, -0.2) is 11.9 Å². The molecule has 0 unspecified atom stereocenters. The van der Waals surface area contributed by atoms with Gasteiger partial charge in [-0.15, -0.1) is 0 Å². The summed E-state index contributed by atoms with van der Waals surface area (Å²) in [4.78, 5) is 24.8. The van der Waals surface area contributed by atoms with Gasteiger partial charge in [-0.3, -0.25) is 9.59 Å². The smallest absolute Gasteiger partial charge is 0.314 e. The molecule has 148 valence electrons. The summed E-state index contributed by atoms with van der Waals surface area (Å²) < 4.78 is 11.0. The number of hydrogen-bond donors (Lipinski definition) is 0. The lowest BCUT2D eigenvalue weighted by molar-refractivity contribution is -0.145. The molecule has 2 aromatic rings. The van der Waals surface area contributed by atoms with Crippen LogP contribution in [0.25, 0.3) is 0 Å². The highest BCUT2D eigenvalue weighted by atomic mass is 16.5. The quantitative estimate of drug-likeness (QED) is 0.506. The topological polar surface area (TPSA) is 52.6 Å². The van der Waals surface area contributed by atoms with Crippen molar-refractivity contribution in [2.45, 2.75) is 52.4 Å². The van der Waals surface area contributed by atoms with Crippen molar-refractivity contribution in [2.75, 3.05) is 0 Å². The molecule has 0 amide bonds. The Bertz CT molecular complexity index is 784. The Morgan fingerprint density at radius 1 is 0.786 bits per heavy atom. The minimum Gasteiger partial charge on any atom is -0.426 e. The van der Waals surface area contributed by atoms with E-state index in [0.717, 1.165) is 18.4 Å². The van der Waals surface area contributed by atoms with Crippen molar-refractivity contribution in [3.63, 3.8) is 0 Å². The van der Waals surface area contributed by atoms with E-state index in [1.54, 1.807) is 0 Å². The second kappa shape index (κ2) is 9.54. The second-order valence-corrected chi connectivity index (χ2v) is 7.60. The molecule has 0 saturated heterocycles. The van der Waals surface area contributed by atoms with E-state index in [0.29, 0.717) is 37.2 Å². The van der Waals surface area contributed by atoms with E-state index >= 15 is 0 Å². The number of rotatable bonds is 6. The summed E-state index contributed by atoms with van der Waals surface area (Å²) in [5.41, 5.74) is 2.37. The van der Waals surface area contributed by atoms with Gasteiger partial charge in [-0.1, -0.05) is 43.2 Å². The van der Waals surface area contributed by atoms with Crippen molar-refractivity contribution in [2.24, 2.45) is 11.8 Å². The number of aryl methyl sites for hydroxylation is 2. The van der Waals surface area contributed by atoms with Crippen molar-refractivity contribution in [1.29, 1.82) is 0 Å². The fraction of sp³-hybridized carbons (Fsp3) is 0.417. The van der Waals surface area contributed by atoms with E-state index in [2.05, 4.69) is 6.92 Å². The molecule has 0 aromatic heterocycles. The summed E-state index contributed by atoms with van der Waals surface area (Å²) in [5, 5.41) is 0. The Labute approximate surface area is 166 Å². The first-order chi connectivity index (χ1) is 13.5. The third-order valence-electron chi connectivity index (χ3n) is 5.31. The Hall–Kier alpha value is -2.62. The summed E-state index contributed by atoms with van der Waals surface area (Å²) in [6.07, 6.45) is 4.73. The molecule has 4 nitrogen and oxygen atoms in total. The standard InChI is InChI=1S/C24H28O4/c1-3-4-18-7-15-22(16-8-18)28-24(26)20-11-9-19(10-12-20)23(25)27-21-13-5-17(2)6-14-21/h5-8,13-16,19-20H,3-4,9-12H2,1-2H3/t19-,20-. The summed E-state index contributed by atoms with van der Waals surface area (Å²) in [5.74, 6) is 0.447. The van der Waals surface area contributed by atoms with Crippen LogP contribution in [0.15, 0.2) is 48.5 Å². The Morgan fingerprint density at radius 2 is 1.21 bits per heavy atom. The average molecular weight is 380 g/mol. The monoisotopic (exact) mass is 380 g/mol. The van der Waals surface area contributed by atoms with Gasteiger partial charge in [0.2, 0.25) is 0 Å². The van der Waals surface area contributed by atoms with Crippen molar-refractivity contribution in [3.05, 3.63) is 59.7 Å². The van der Waals surface area contributed by atoms with Crippen LogP contribution < -0.4 is 9.47 Å². The number of carbonyl (C=O) groups is 2. The molecule has 0 radical (unpaired) electrons. The predicted octanol–water partition coefficient (Wildman–Crippen LogP) is 5.26. The normalized spacial score (nSPS) is 19.1. The molecule has 2 aromatic carbocycles. The maximum Gasteiger partial charge on any atom is 0.314 e. The second-order valence-electron chi connectivity index (χ2n) is 7.60. The minimum absolute atomic E-state index is 0.154. The highest BCUT2D eigenvalue weighted by Gasteiger charge is 2.32. The number of benzene rings is 2. The molecule has 1 fully saturated rings. The van der Waals surface area contributed by atoms with Gasteiger partial charge < -0.3 is 9.47 Å². The van der Waals surface area contributed by atoms with Crippen molar-refractivity contribution >= 4 is 11.9 Å². The molecule has 1 aliphatic rings. The molecule has 0 atom stereocenters. The number of hydrogen-bond acceptors (Lipinski definition) is 4. The molecule has 4 heteroatoms. The maximum atomic E-state index is 12.4. The molecule has 3 rings (SSSR count). The predicted molar refractivity (Wildman–Crippen MR) is 108 cm³/mol. The van der Waals surface area contributed by atoms with Crippen LogP contribution in [-0.2, 0) is 16.0 Å². The molecule has 0 spiro atoms. The van der Waals surface area contributed by atoms with Crippen LogP contribution >= 0.6 is 0 Å². The van der Waals surface area contributed by atoms with Gasteiger partial charge in [0.25, 0.3) is 0 Å². The molecular weight excluding hydrogens is 352 g/mol. The van der Waals surface area contributed by atoms with Crippen LogP contribution in [0.4, 0.5) is 0 Å². The van der Waals surface area contributed by atoms with Gasteiger partial charge in [0, 0.05) is 0 Å². The molecule has 0 N–H and O–H groups in total. The number of esters is 2. The lowest BCUT2D eigenvalue weighted by Crippen LogP contribution is -2.30. The van der Waals surface area contributed by atoms with Crippen LogP contribution in [0.2, 0.25) is 0 Å². The SMILES string of the molecule is CCCc1ccc(OC(=O)[C@H]2CC[C@H](C(=O)Oc3ccc(C)cc3)CC2)cc1. The average Bonchev–Trinajstić information content (AvgIpc) is 2.71. The Morgan fingerprint density at radius 3 is 1.64 bits per heavy atom. The molecule has 0 heterocycles. The van der Waals surface area contributed by atoms with E-state index < -0.39 is 0 Å². The lowest BCUT2D eigenvalue weighted by atomic mass is 9.82. The fourth-order valence-electron chi connectivity index (χ4n) is 3.58. The van der Waals surface area contributed by atoms with Gasteiger partial charge in [-0.25, -0.2) is 0 Å². The van der Waals surface area contributed by atoms with E-state index in [9.17, 15) is 9.59 Å².